The zero-order valence-corrected chi connectivity index (χ0v) is 12.9. The van der Waals surface area contributed by atoms with Crippen LogP contribution >= 0.6 is 0 Å². The molecular formula is C17H18FN3O2. The maximum atomic E-state index is 14.3. The number of ether oxygens (including phenoxy) is 1. The van der Waals surface area contributed by atoms with E-state index in [-0.39, 0.29) is 11.6 Å². The Morgan fingerprint density at radius 1 is 1.35 bits per heavy atom. The molecule has 0 aliphatic carbocycles. The van der Waals surface area contributed by atoms with E-state index in [0.29, 0.717) is 37.6 Å². The van der Waals surface area contributed by atoms with Gasteiger partial charge in [-0.25, -0.2) is 4.39 Å². The van der Waals surface area contributed by atoms with Gasteiger partial charge < -0.3 is 9.64 Å². The SMILES string of the molecule is Cn1cc(C=CC(=O)c2ccc(N3CCOCC3)c(F)c2)cn1. The molecule has 0 radical (unpaired) electrons. The van der Waals surface area contributed by atoms with Gasteiger partial charge in [0.15, 0.2) is 5.78 Å². The standard InChI is InChI=1S/C17H18FN3O2/c1-20-12-13(11-19-20)2-5-17(22)14-3-4-16(15(18)10-14)21-6-8-23-9-7-21/h2-5,10-12H,6-9H2,1H3. The number of morpholine rings is 1. The highest BCUT2D eigenvalue weighted by Gasteiger charge is 2.16. The lowest BCUT2D eigenvalue weighted by Gasteiger charge is -2.29. The van der Waals surface area contributed by atoms with Crippen molar-refractivity contribution in [3.05, 3.63) is 53.6 Å². The fourth-order valence-corrected chi connectivity index (χ4v) is 2.52. The van der Waals surface area contributed by atoms with Gasteiger partial charge in [-0.05, 0) is 30.4 Å². The molecule has 1 saturated heterocycles. The van der Waals surface area contributed by atoms with Gasteiger partial charge in [0.1, 0.15) is 5.82 Å². The van der Waals surface area contributed by atoms with Crippen LogP contribution in [0.5, 0.6) is 0 Å². The van der Waals surface area contributed by atoms with Crippen LogP contribution in [0.1, 0.15) is 15.9 Å². The number of hydrogen-bond acceptors (Lipinski definition) is 4. The van der Waals surface area contributed by atoms with Crippen LogP contribution in [0.15, 0.2) is 36.7 Å². The van der Waals surface area contributed by atoms with E-state index in [0.717, 1.165) is 5.56 Å². The summed E-state index contributed by atoms with van der Waals surface area (Å²) in [4.78, 5) is 14.1. The lowest BCUT2D eigenvalue weighted by molar-refractivity contribution is 0.104. The van der Waals surface area contributed by atoms with Crippen LogP contribution in [0.4, 0.5) is 10.1 Å². The summed E-state index contributed by atoms with van der Waals surface area (Å²) in [6, 6.07) is 4.61. The molecule has 120 valence electrons. The summed E-state index contributed by atoms with van der Waals surface area (Å²) in [7, 11) is 1.80. The lowest BCUT2D eigenvalue weighted by Crippen LogP contribution is -2.36. The summed E-state index contributed by atoms with van der Waals surface area (Å²) in [6.45, 7) is 2.50. The Bertz CT molecular complexity index is 733. The first-order valence-corrected chi connectivity index (χ1v) is 7.47. The molecule has 1 aliphatic rings. The highest BCUT2D eigenvalue weighted by atomic mass is 19.1. The number of rotatable bonds is 4. The van der Waals surface area contributed by atoms with Gasteiger partial charge in [-0.15, -0.1) is 0 Å². The van der Waals surface area contributed by atoms with Gasteiger partial charge in [-0.1, -0.05) is 0 Å². The second-order valence-corrected chi connectivity index (χ2v) is 5.41. The maximum absolute atomic E-state index is 14.3. The number of anilines is 1. The van der Waals surface area contributed by atoms with Gasteiger partial charge >= 0.3 is 0 Å². The number of benzene rings is 1. The van der Waals surface area contributed by atoms with E-state index >= 15 is 0 Å². The van der Waals surface area contributed by atoms with E-state index in [1.54, 1.807) is 42.3 Å². The average Bonchev–Trinajstić information content (AvgIpc) is 2.99. The van der Waals surface area contributed by atoms with Crippen molar-refractivity contribution in [2.45, 2.75) is 0 Å². The van der Waals surface area contributed by atoms with E-state index in [1.165, 1.54) is 12.1 Å². The van der Waals surface area contributed by atoms with Crippen LogP contribution in [-0.2, 0) is 11.8 Å². The molecule has 0 amide bonds. The molecule has 2 heterocycles. The smallest absolute Gasteiger partial charge is 0.185 e. The number of allylic oxidation sites excluding steroid dienone is 1. The van der Waals surface area contributed by atoms with Gasteiger partial charge in [-0.2, -0.15) is 5.10 Å². The van der Waals surface area contributed by atoms with Gasteiger partial charge in [0.25, 0.3) is 0 Å². The van der Waals surface area contributed by atoms with Crippen molar-refractivity contribution in [3.63, 3.8) is 0 Å². The lowest BCUT2D eigenvalue weighted by atomic mass is 10.1. The molecule has 0 N–H and O–H groups in total. The molecule has 0 saturated carbocycles. The Morgan fingerprint density at radius 3 is 2.78 bits per heavy atom. The third kappa shape index (κ3) is 3.65. The number of hydrogen-bond donors (Lipinski definition) is 0. The minimum atomic E-state index is -0.382. The van der Waals surface area contributed by atoms with Crippen molar-refractivity contribution in [2.75, 3.05) is 31.2 Å². The van der Waals surface area contributed by atoms with Crippen molar-refractivity contribution in [1.29, 1.82) is 0 Å². The van der Waals surface area contributed by atoms with Crippen molar-refractivity contribution in [3.8, 4) is 0 Å². The number of ketones is 1. The topological polar surface area (TPSA) is 47.4 Å². The largest absolute Gasteiger partial charge is 0.378 e. The Morgan fingerprint density at radius 2 is 2.13 bits per heavy atom. The molecule has 1 fully saturated rings. The third-order valence-corrected chi connectivity index (χ3v) is 3.74. The van der Waals surface area contributed by atoms with Crippen molar-refractivity contribution >= 4 is 17.5 Å². The minimum absolute atomic E-state index is 0.235. The molecule has 1 aromatic heterocycles. The quantitative estimate of drug-likeness (QED) is 0.641. The highest BCUT2D eigenvalue weighted by molar-refractivity contribution is 6.07. The zero-order valence-electron chi connectivity index (χ0n) is 12.9. The van der Waals surface area contributed by atoms with E-state index in [4.69, 9.17) is 4.74 Å². The first kappa shape index (κ1) is 15.4. The molecule has 6 heteroatoms. The molecule has 1 aromatic carbocycles. The molecule has 2 aromatic rings. The van der Waals surface area contributed by atoms with Crippen LogP contribution in [0.3, 0.4) is 0 Å². The third-order valence-electron chi connectivity index (χ3n) is 3.74. The summed E-state index contributed by atoms with van der Waals surface area (Å²) >= 11 is 0. The molecular weight excluding hydrogens is 297 g/mol. The first-order chi connectivity index (χ1) is 11.1. The zero-order chi connectivity index (χ0) is 16.2. The van der Waals surface area contributed by atoms with Crippen molar-refractivity contribution in [2.24, 2.45) is 7.05 Å². The van der Waals surface area contributed by atoms with Crippen LogP contribution in [0.25, 0.3) is 6.08 Å². The molecule has 1 aliphatic heterocycles. The number of aryl methyl sites for hydroxylation is 1. The summed E-state index contributed by atoms with van der Waals surface area (Å²) < 4.78 is 21.2. The summed E-state index contributed by atoms with van der Waals surface area (Å²) in [5, 5.41) is 4.02. The molecule has 0 unspecified atom stereocenters. The van der Waals surface area contributed by atoms with Crippen LogP contribution < -0.4 is 4.90 Å². The number of nitrogens with zero attached hydrogens (tertiary/aromatic N) is 3. The monoisotopic (exact) mass is 315 g/mol. The summed E-state index contributed by atoms with van der Waals surface area (Å²) in [5.41, 5.74) is 1.67. The highest BCUT2D eigenvalue weighted by Crippen LogP contribution is 2.22. The first-order valence-electron chi connectivity index (χ1n) is 7.47. The summed E-state index contributed by atoms with van der Waals surface area (Å²) in [6.07, 6.45) is 6.56. The van der Waals surface area contributed by atoms with Crippen LogP contribution in [0.2, 0.25) is 0 Å². The van der Waals surface area contributed by atoms with Crippen molar-refractivity contribution in [1.82, 2.24) is 9.78 Å². The number of carbonyl (C=O) groups is 1. The Labute approximate surface area is 134 Å². The normalized spacial score (nSPS) is 15.3. The number of halogens is 1. The van der Waals surface area contributed by atoms with E-state index in [9.17, 15) is 9.18 Å². The molecule has 0 bridgehead atoms. The number of aromatic nitrogens is 2. The van der Waals surface area contributed by atoms with Gasteiger partial charge in [0, 0.05) is 37.5 Å². The van der Waals surface area contributed by atoms with Crippen LogP contribution in [-0.4, -0.2) is 41.9 Å². The molecule has 3 rings (SSSR count). The fraction of sp³-hybridized carbons (Fsp3) is 0.294. The average molecular weight is 315 g/mol. The second-order valence-electron chi connectivity index (χ2n) is 5.41. The van der Waals surface area contributed by atoms with E-state index in [2.05, 4.69) is 5.10 Å². The number of carbonyl (C=O) groups excluding carboxylic acids is 1. The predicted molar refractivity (Wildman–Crippen MR) is 86.0 cm³/mol. The fourth-order valence-electron chi connectivity index (χ4n) is 2.52. The second kappa shape index (κ2) is 6.75. The van der Waals surface area contributed by atoms with Crippen LogP contribution in [0, 0.1) is 5.82 Å². The molecule has 5 nitrogen and oxygen atoms in total. The van der Waals surface area contributed by atoms with E-state index in [1.807, 2.05) is 4.90 Å². The summed E-state index contributed by atoms with van der Waals surface area (Å²) in [5.74, 6) is -0.617. The minimum Gasteiger partial charge on any atom is -0.378 e. The molecule has 0 spiro atoms. The van der Waals surface area contributed by atoms with E-state index < -0.39 is 0 Å². The van der Waals surface area contributed by atoms with Gasteiger partial charge in [0.05, 0.1) is 25.1 Å². The maximum Gasteiger partial charge on any atom is 0.185 e. The molecule has 0 atom stereocenters. The Balaban J connectivity index is 1.74. The Kier molecular flexibility index (Phi) is 4.52. The molecule has 23 heavy (non-hydrogen) atoms. The van der Waals surface area contributed by atoms with Gasteiger partial charge in [0.2, 0.25) is 0 Å². The predicted octanol–water partition coefficient (Wildman–Crippen LogP) is 2.29. The van der Waals surface area contributed by atoms with Gasteiger partial charge in [-0.3, -0.25) is 9.48 Å². The van der Waals surface area contributed by atoms with Crippen molar-refractivity contribution < 1.29 is 13.9 Å². The Hall–Kier alpha value is -2.47.